The summed E-state index contributed by atoms with van der Waals surface area (Å²) in [5.74, 6) is -1.15. The minimum atomic E-state index is -0.735. The average molecular weight is 499 g/mol. The van der Waals surface area contributed by atoms with E-state index >= 15 is 0 Å². The lowest BCUT2D eigenvalue weighted by atomic mass is 10.0. The zero-order chi connectivity index (χ0) is 26.1. The highest BCUT2D eigenvalue weighted by Gasteiger charge is 2.42. The van der Waals surface area contributed by atoms with Crippen LogP contribution >= 0.6 is 0 Å². The summed E-state index contributed by atoms with van der Waals surface area (Å²) in [5.41, 5.74) is 3.22. The Morgan fingerprint density at radius 3 is 2.05 bits per heavy atom. The van der Waals surface area contributed by atoms with E-state index in [4.69, 9.17) is 4.42 Å². The third-order valence-corrected chi connectivity index (χ3v) is 6.49. The van der Waals surface area contributed by atoms with Gasteiger partial charge in [-0.25, -0.2) is 0 Å². The molecule has 5 aromatic rings. The molecule has 6 nitrogen and oxygen atoms in total. The first-order valence-electron chi connectivity index (χ1n) is 12.2. The van der Waals surface area contributed by atoms with Gasteiger partial charge in [0.25, 0.3) is 5.78 Å². The number of anilines is 3. The molecule has 2 heterocycles. The lowest BCUT2D eigenvalue weighted by molar-refractivity contribution is -0.113. The van der Waals surface area contributed by atoms with Crippen LogP contribution in [0.4, 0.5) is 17.3 Å². The second-order valence-corrected chi connectivity index (χ2v) is 8.87. The van der Waals surface area contributed by atoms with Crippen LogP contribution in [0.5, 0.6) is 0 Å². The van der Waals surface area contributed by atoms with Gasteiger partial charge < -0.3 is 9.73 Å². The van der Waals surface area contributed by atoms with Gasteiger partial charge in [-0.2, -0.15) is 0 Å². The average Bonchev–Trinajstić information content (AvgIpc) is 3.47. The quantitative estimate of drug-likeness (QED) is 0.201. The first-order chi connectivity index (χ1) is 18.6. The molecule has 184 valence electrons. The fourth-order valence-corrected chi connectivity index (χ4v) is 4.68. The minimum absolute atomic E-state index is 0.184. The van der Waals surface area contributed by atoms with Gasteiger partial charge in [0.1, 0.15) is 11.3 Å². The Hall–Kier alpha value is -5.23. The van der Waals surface area contributed by atoms with Crippen LogP contribution in [0.25, 0.3) is 11.3 Å². The van der Waals surface area contributed by atoms with Crippen LogP contribution in [-0.2, 0) is 11.3 Å². The van der Waals surface area contributed by atoms with E-state index in [1.165, 1.54) is 4.90 Å². The van der Waals surface area contributed by atoms with Crippen molar-refractivity contribution >= 4 is 34.7 Å². The molecule has 1 aromatic heterocycles. The summed E-state index contributed by atoms with van der Waals surface area (Å²) in [6, 6.07) is 34.6. The van der Waals surface area contributed by atoms with E-state index in [1.807, 2.05) is 66.7 Å². The van der Waals surface area contributed by atoms with Crippen LogP contribution in [0, 0.1) is 0 Å². The lowest BCUT2D eigenvalue weighted by Crippen LogP contribution is -2.26. The normalized spacial score (nSPS) is 12.5. The van der Waals surface area contributed by atoms with Crippen LogP contribution in [0.1, 0.15) is 31.8 Å². The Balaban J connectivity index is 1.60. The van der Waals surface area contributed by atoms with Crippen molar-refractivity contribution < 1.29 is 18.8 Å². The Bertz CT molecular complexity index is 1660. The fourth-order valence-electron chi connectivity index (χ4n) is 4.68. The highest BCUT2D eigenvalue weighted by atomic mass is 16.4. The molecule has 6 heteroatoms. The molecule has 6 rings (SSSR count). The Morgan fingerprint density at radius 1 is 0.737 bits per heavy atom. The molecule has 1 amide bonds. The number of furan rings is 1. The summed E-state index contributed by atoms with van der Waals surface area (Å²) in [7, 11) is 0. The van der Waals surface area contributed by atoms with Gasteiger partial charge in [0.15, 0.2) is 5.76 Å². The maximum Gasteiger partial charge on any atom is 0.304 e. The molecule has 1 N–H and O–H groups in total. The number of carbonyl (C=O) groups is 3. The molecule has 4 aromatic carbocycles. The van der Waals surface area contributed by atoms with E-state index in [9.17, 15) is 14.4 Å². The highest BCUT2D eigenvalue weighted by Crippen LogP contribution is 2.48. The molecule has 1 aliphatic rings. The SMILES string of the molecule is O=C1C(=O)N(c2c(-c3ccccc3)oc(NCc3ccccc3)c2C(=O)c2ccccc2)c2ccccc21. The van der Waals surface area contributed by atoms with E-state index in [-0.39, 0.29) is 28.5 Å². The number of fused-ring (bicyclic) bond motifs is 1. The molecular weight excluding hydrogens is 476 g/mol. The molecule has 0 unspecified atom stereocenters. The van der Waals surface area contributed by atoms with Crippen molar-refractivity contribution in [3.8, 4) is 11.3 Å². The van der Waals surface area contributed by atoms with Gasteiger partial charge in [-0.15, -0.1) is 0 Å². The molecule has 0 fully saturated rings. The van der Waals surface area contributed by atoms with Crippen molar-refractivity contribution in [1.29, 1.82) is 0 Å². The number of nitrogens with one attached hydrogen (secondary N) is 1. The van der Waals surface area contributed by atoms with Crippen molar-refractivity contribution in [2.45, 2.75) is 6.54 Å². The maximum absolute atomic E-state index is 14.1. The summed E-state index contributed by atoms with van der Waals surface area (Å²) in [6.07, 6.45) is 0. The summed E-state index contributed by atoms with van der Waals surface area (Å²) in [4.78, 5) is 41.8. The molecular formula is C32H22N2O4. The second kappa shape index (κ2) is 9.67. The number of amides is 1. The van der Waals surface area contributed by atoms with Gasteiger partial charge >= 0.3 is 5.91 Å². The topological polar surface area (TPSA) is 79.6 Å². The maximum atomic E-state index is 14.1. The third kappa shape index (κ3) is 3.98. The van der Waals surface area contributed by atoms with Crippen molar-refractivity contribution in [3.63, 3.8) is 0 Å². The van der Waals surface area contributed by atoms with Crippen LogP contribution in [0.15, 0.2) is 120 Å². The summed E-state index contributed by atoms with van der Waals surface area (Å²) in [6.45, 7) is 0.389. The number of benzene rings is 4. The van der Waals surface area contributed by atoms with Crippen molar-refractivity contribution in [1.82, 2.24) is 0 Å². The minimum Gasteiger partial charge on any atom is -0.438 e. The molecule has 38 heavy (non-hydrogen) atoms. The molecule has 0 saturated heterocycles. The van der Waals surface area contributed by atoms with Crippen molar-refractivity contribution in [2.75, 3.05) is 10.2 Å². The van der Waals surface area contributed by atoms with Crippen LogP contribution in [0.3, 0.4) is 0 Å². The van der Waals surface area contributed by atoms with Crippen molar-refractivity contribution in [3.05, 3.63) is 138 Å². The van der Waals surface area contributed by atoms with Crippen LogP contribution in [-0.4, -0.2) is 17.5 Å². The number of hydrogen-bond acceptors (Lipinski definition) is 5. The standard InChI is InChI=1S/C32H22N2O4/c35-28(22-14-6-2-7-15-22)26-27(34-25-19-11-10-18-24(25)29(36)32(34)37)30(23-16-8-3-9-17-23)38-31(26)33-20-21-12-4-1-5-13-21/h1-19,33H,20H2. The van der Waals surface area contributed by atoms with Gasteiger partial charge in [-0.3, -0.25) is 19.3 Å². The predicted octanol–water partition coefficient (Wildman–Crippen LogP) is 6.65. The first-order valence-corrected chi connectivity index (χ1v) is 12.2. The van der Waals surface area contributed by atoms with E-state index in [0.29, 0.717) is 29.1 Å². The number of carbonyl (C=O) groups excluding carboxylic acids is 3. The smallest absolute Gasteiger partial charge is 0.304 e. The molecule has 0 spiro atoms. The monoisotopic (exact) mass is 498 g/mol. The van der Waals surface area contributed by atoms with Gasteiger partial charge in [-0.1, -0.05) is 103 Å². The number of hydrogen-bond donors (Lipinski definition) is 1. The largest absolute Gasteiger partial charge is 0.438 e. The highest BCUT2D eigenvalue weighted by molar-refractivity contribution is 6.54. The molecule has 0 saturated carbocycles. The second-order valence-electron chi connectivity index (χ2n) is 8.87. The Labute approximate surface area is 219 Å². The fraction of sp³-hybridized carbons (Fsp3) is 0.0312. The Kier molecular flexibility index (Phi) is 5.90. The lowest BCUT2D eigenvalue weighted by Gasteiger charge is -2.18. The van der Waals surface area contributed by atoms with E-state index in [1.54, 1.807) is 48.5 Å². The van der Waals surface area contributed by atoms with Gasteiger partial charge in [-0.05, 0) is 17.7 Å². The first kappa shape index (κ1) is 23.2. The van der Waals surface area contributed by atoms with E-state index in [2.05, 4.69) is 5.32 Å². The summed E-state index contributed by atoms with van der Waals surface area (Å²) < 4.78 is 6.37. The van der Waals surface area contributed by atoms with Crippen LogP contribution in [0.2, 0.25) is 0 Å². The number of nitrogens with zero attached hydrogens (tertiary/aromatic N) is 1. The zero-order valence-corrected chi connectivity index (χ0v) is 20.3. The van der Waals surface area contributed by atoms with Crippen molar-refractivity contribution in [2.24, 2.45) is 0 Å². The number of Topliss-reactive ketones (excluding diaryl/α,β-unsaturated/α-hetero) is 1. The van der Waals surface area contributed by atoms with Crippen LogP contribution < -0.4 is 10.2 Å². The third-order valence-electron chi connectivity index (χ3n) is 6.49. The van der Waals surface area contributed by atoms with E-state index < -0.39 is 11.7 Å². The summed E-state index contributed by atoms with van der Waals surface area (Å²) >= 11 is 0. The van der Waals surface area contributed by atoms with E-state index in [0.717, 1.165) is 5.56 Å². The summed E-state index contributed by atoms with van der Waals surface area (Å²) in [5, 5.41) is 3.27. The number of ketones is 2. The van der Waals surface area contributed by atoms with Gasteiger partial charge in [0, 0.05) is 17.7 Å². The molecule has 0 radical (unpaired) electrons. The number of rotatable bonds is 7. The Morgan fingerprint density at radius 2 is 1.34 bits per heavy atom. The van der Waals surface area contributed by atoms with Gasteiger partial charge in [0.2, 0.25) is 11.7 Å². The molecule has 0 aliphatic carbocycles. The number of para-hydroxylation sites is 1. The molecule has 0 atom stereocenters. The predicted molar refractivity (Wildman–Crippen MR) is 146 cm³/mol. The molecule has 0 bridgehead atoms. The molecule has 1 aliphatic heterocycles. The van der Waals surface area contributed by atoms with Gasteiger partial charge in [0.05, 0.1) is 11.3 Å². The zero-order valence-electron chi connectivity index (χ0n) is 20.3.